The van der Waals surface area contributed by atoms with Gasteiger partial charge in [0, 0.05) is 304 Å². The van der Waals surface area contributed by atoms with Gasteiger partial charge in [0.25, 0.3) is 0 Å². The maximum absolute atomic E-state index is 6.85. The topological polar surface area (TPSA) is 268 Å². The third-order valence-corrected chi connectivity index (χ3v) is 36.0. The van der Waals surface area contributed by atoms with E-state index in [-0.39, 0.29) is 0 Å². The summed E-state index contributed by atoms with van der Waals surface area (Å²) >= 11 is -3.17. The Morgan fingerprint density at radius 2 is 0.153 bits per heavy atom. The van der Waals surface area contributed by atoms with Gasteiger partial charge in [-0.3, -0.25) is 0 Å². The summed E-state index contributed by atoms with van der Waals surface area (Å²) in [6, 6.07) is 0. The number of hydrogen-bond donors (Lipinski definition) is 0. The summed E-state index contributed by atoms with van der Waals surface area (Å²) in [5.41, 5.74) is 0. The first-order chi connectivity index (χ1) is 74.8. The molecule has 0 aromatic heterocycles. The molecule has 29 nitrogen and oxygen atoms in total. The maximum atomic E-state index is 6.85. The molecule has 30 heteroatoms. The van der Waals surface area contributed by atoms with Gasteiger partial charge in [-0.15, -0.1) is 0 Å². The van der Waals surface area contributed by atoms with Crippen LogP contribution in [-0.4, -0.2) is 389 Å². The van der Waals surface area contributed by atoms with Gasteiger partial charge < -0.3 is 109 Å². The quantitative estimate of drug-likeness (QED) is 0.224. The molecular weight excluding hydrogens is 2020 g/mol. The summed E-state index contributed by atoms with van der Waals surface area (Å²) in [5, 5.41) is 0. The van der Waals surface area contributed by atoms with Crippen LogP contribution >= 0.6 is 0 Å². The molecule has 1 rings (SSSR count). The van der Waals surface area contributed by atoms with Gasteiger partial charge in [0.1, 0.15) is 0 Å². The fourth-order valence-electron chi connectivity index (χ4n) is 15.8. The van der Waals surface area contributed by atoms with Crippen LogP contribution in [0.4, 0.5) is 0 Å². The zero-order valence-corrected chi connectivity index (χ0v) is 101. The van der Waals surface area contributed by atoms with Crippen LogP contribution in [0.1, 0.15) is 399 Å². The molecule has 0 radical (unpaired) electrons. The molecule has 0 unspecified atom stereocenters. The molecule has 900 valence electrons. The van der Waals surface area contributed by atoms with Crippen LogP contribution in [0.5, 0.6) is 0 Å². The van der Waals surface area contributed by atoms with Gasteiger partial charge in [-0.2, -0.15) is 0 Å². The predicted octanol–water partition coefficient (Wildman–Crippen LogP) is 25.4. The number of ether oxygens (including phenoxy) is 27. The normalized spacial score (nSPS) is 23.7. The van der Waals surface area contributed by atoms with Gasteiger partial charge in [0.05, 0.1) is 0 Å². The number of hydrogen-bond acceptors (Lipinski definition) is 29. The van der Waals surface area contributed by atoms with Crippen LogP contribution in [0.15, 0.2) is 0 Å². The third-order valence-electron chi connectivity index (χ3n) is 25.4. The van der Waals surface area contributed by atoms with Crippen LogP contribution in [-0.2, 0) is 134 Å². The number of unbranched alkanes of at least 4 members (excludes halogenated alkanes) is 2. The van der Waals surface area contributed by atoms with E-state index in [9.17, 15) is 0 Å². The van der Waals surface area contributed by atoms with Crippen molar-refractivity contribution in [3.8, 4) is 0 Å². The third kappa shape index (κ3) is 131. The van der Waals surface area contributed by atoms with Crippen molar-refractivity contribution in [3.05, 3.63) is 0 Å². The van der Waals surface area contributed by atoms with Gasteiger partial charge in [0.15, 0.2) is 0 Å². The molecule has 1 fully saturated rings. The number of rotatable bonds is 6. The summed E-state index contributed by atoms with van der Waals surface area (Å²) in [6.45, 7) is 49.1. The molecule has 0 spiro atoms. The molecule has 0 N–H and O–H groups in total. The van der Waals surface area contributed by atoms with Crippen molar-refractivity contribution in [1.29, 1.82) is 0 Å². The second-order valence-corrected chi connectivity index (χ2v) is 49.8. The van der Waals surface area contributed by atoms with Gasteiger partial charge >= 0.3 is 210 Å². The van der Waals surface area contributed by atoms with Crippen LogP contribution in [0.3, 0.4) is 0 Å². The molecule has 0 atom stereocenters. The SMILES string of the molecule is CCC[CH2][Sn]1([CH2]CCC)[O]CCCCOCCCCOCCCCOCCCCOCCCCOCCCCOCCCCOCCCCOCCCCOCCCCOCCCCOCCCCOCCCCOCCCCOCCCCOCCCCOCCCCOCCCCOCCCCOCCCCOCCCCOCCCCOCCCCOCCCCOCCCCOCCCCOCCCCOCCCC[O]1. The van der Waals surface area contributed by atoms with E-state index >= 15 is 0 Å². The molecule has 0 amide bonds. The average Bonchev–Trinajstić information content (AvgIpc) is 0.868. The van der Waals surface area contributed by atoms with Crippen molar-refractivity contribution in [2.45, 2.75) is 408 Å². The van der Waals surface area contributed by atoms with Crippen LogP contribution in [0.2, 0.25) is 8.87 Å². The van der Waals surface area contributed by atoms with Gasteiger partial charge in [-0.05, 0) is 308 Å². The fourth-order valence-corrected chi connectivity index (χ4v) is 26.5. The molecule has 0 aromatic rings. The first-order valence-corrected chi connectivity index (χ1v) is 69.1. The average molecular weight is 2270 g/mol. The molecule has 1 aliphatic heterocycles. The molecule has 0 aromatic carbocycles. The monoisotopic (exact) mass is 2270 g/mol. The van der Waals surface area contributed by atoms with Crippen molar-refractivity contribution < 1.29 is 134 Å². The minimum absolute atomic E-state index is 0.787. The zero-order chi connectivity index (χ0) is 106. The second-order valence-electron chi connectivity index (χ2n) is 40.1. The Kier molecular flexibility index (Phi) is 137. The Hall–Kier alpha value is -0.361. The van der Waals surface area contributed by atoms with E-state index in [1.807, 2.05) is 0 Å². The van der Waals surface area contributed by atoms with E-state index in [4.69, 9.17) is 134 Å². The molecule has 0 saturated carbocycles. The van der Waals surface area contributed by atoms with E-state index in [1.54, 1.807) is 0 Å². The molecule has 1 aliphatic rings. The van der Waals surface area contributed by atoms with E-state index < -0.39 is 19.2 Å². The van der Waals surface area contributed by atoms with Crippen molar-refractivity contribution in [2.75, 3.05) is 370 Å². The predicted molar refractivity (Wildman–Crippen MR) is 608 cm³/mol. The van der Waals surface area contributed by atoms with Gasteiger partial charge in [0.2, 0.25) is 0 Å². The van der Waals surface area contributed by atoms with E-state index in [0.29, 0.717) is 0 Å². The second kappa shape index (κ2) is 139. The molecule has 0 aliphatic carbocycles. The summed E-state index contributed by atoms with van der Waals surface area (Å²) in [4.78, 5) is 0. The van der Waals surface area contributed by atoms with Crippen molar-refractivity contribution >= 4 is 19.2 Å². The van der Waals surface area contributed by atoms with Gasteiger partial charge in [-0.1, -0.05) is 0 Å². The first kappa shape index (κ1) is 148. The molecule has 150 heavy (non-hydrogen) atoms. The van der Waals surface area contributed by atoms with Crippen molar-refractivity contribution in [2.24, 2.45) is 0 Å². The van der Waals surface area contributed by atoms with Crippen LogP contribution in [0.25, 0.3) is 0 Å². The van der Waals surface area contributed by atoms with E-state index in [1.165, 1.54) is 25.7 Å². The summed E-state index contributed by atoms with van der Waals surface area (Å²) in [5.74, 6) is 0. The molecule has 1 heterocycles. The Morgan fingerprint density at radius 1 is 0.0933 bits per heavy atom. The zero-order valence-electron chi connectivity index (χ0n) is 97.8. The standard InChI is InChI=1S/C112H224O29.2C4H9.Sn/c113-57-1-3-59-115-61-5-7-63-117-65-9-11-67-119-69-13-15-71-121-73-17-19-75-123-77-21-23-79-125-81-25-27-83-127-85-29-31-87-129-89-33-35-91-131-93-37-39-95-133-97-41-43-99-135-101-45-47-103-137-105-49-51-107-139-109-53-55-111-141-112-56-54-110-140-108-52-50-106-138-104-48-46-102-136-100-44-42-98-134-96-40-38-94-132-92-36-34-90-130-88-32-30-86-128-84-28-26-82-126-80-24-22-78-124-76-20-18-74-122-72-16-14-70-120-68-12-10-66-118-64-8-6-62-116-60-4-2-58-114;2*1-3-4-2;/h1-112H2;2*1,3-4H2,2H3;/q-2;;;+2. The Balaban J connectivity index is 2.11. The van der Waals surface area contributed by atoms with Crippen LogP contribution in [0, 0.1) is 0 Å². The molecule has 1 saturated heterocycles. The van der Waals surface area contributed by atoms with Crippen LogP contribution < -0.4 is 0 Å². The van der Waals surface area contributed by atoms with Gasteiger partial charge in [-0.25, -0.2) is 0 Å². The Bertz CT molecular complexity index is 1990. The van der Waals surface area contributed by atoms with Crippen molar-refractivity contribution in [3.63, 3.8) is 0 Å². The summed E-state index contributed by atoms with van der Waals surface area (Å²) in [6.07, 6.45) is 62.7. The van der Waals surface area contributed by atoms with E-state index in [0.717, 1.165) is 738 Å². The molecule has 0 bridgehead atoms. The summed E-state index contributed by atoms with van der Waals surface area (Å²) in [7, 11) is 0. The first-order valence-electron chi connectivity index (χ1n) is 62.7. The Labute approximate surface area is 925 Å². The molecular formula is C120H242O29Sn. The fraction of sp³-hybridized carbons (Fsp3) is 1.00. The van der Waals surface area contributed by atoms with Crippen molar-refractivity contribution in [1.82, 2.24) is 0 Å². The minimum atomic E-state index is -3.17. The van der Waals surface area contributed by atoms with E-state index in [2.05, 4.69) is 13.8 Å². The Morgan fingerprint density at radius 3 is 0.213 bits per heavy atom. The summed E-state index contributed by atoms with van der Waals surface area (Å²) < 4.78 is 174.